The number of nitrogens with two attached hydrogens (primary N) is 1. The normalized spacial score (nSPS) is 12.0. The molecule has 6 heteroatoms. The number of hydrogen-bond donors (Lipinski definition) is 3. The molecule has 0 bridgehead atoms. The summed E-state index contributed by atoms with van der Waals surface area (Å²) < 4.78 is 0. The number of aromatic nitrogens is 3. The van der Waals surface area contributed by atoms with Crippen molar-refractivity contribution in [3.8, 4) is 0 Å². The van der Waals surface area contributed by atoms with E-state index in [1.165, 1.54) is 12.4 Å². The molecular weight excluding hydrogens is 338 g/mol. The highest BCUT2D eigenvalue weighted by molar-refractivity contribution is 5.96. The van der Waals surface area contributed by atoms with Crippen LogP contribution in [0, 0.1) is 0 Å². The second kappa shape index (κ2) is 7.29. The number of nitrogens with zero attached hydrogens (tertiary/aromatic N) is 2. The SMILES string of the molecule is Nc1nccnc1C(=O)NCC(c1ccccc1)c1c[nH]c2ccccc12. The van der Waals surface area contributed by atoms with Crippen LogP contribution < -0.4 is 11.1 Å². The van der Waals surface area contributed by atoms with Crippen LogP contribution in [0.25, 0.3) is 10.9 Å². The summed E-state index contributed by atoms with van der Waals surface area (Å²) in [6, 6.07) is 18.2. The molecule has 1 amide bonds. The van der Waals surface area contributed by atoms with Crippen LogP contribution in [0.3, 0.4) is 0 Å². The van der Waals surface area contributed by atoms with E-state index in [0.717, 1.165) is 22.0 Å². The first-order valence-electron chi connectivity index (χ1n) is 8.69. The summed E-state index contributed by atoms with van der Waals surface area (Å²) in [7, 11) is 0. The molecule has 2 heterocycles. The topological polar surface area (TPSA) is 96.7 Å². The van der Waals surface area contributed by atoms with E-state index in [-0.39, 0.29) is 23.3 Å². The first kappa shape index (κ1) is 16.8. The molecule has 0 radical (unpaired) electrons. The number of rotatable bonds is 5. The maximum absolute atomic E-state index is 12.5. The summed E-state index contributed by atoms with van der Waals surface area (Å²) in [5.41, 5.74) is 9.23. The second-order valence-electron chi connectivity index (χ2n) is 6.25. The number of amides is 1. The zero-order valence-corrected chi connectivity index (χ0v) is 14.6. The highest BCUT2D eigenvalue weighted by atomic mass is 16.1. The molecule has 0 aliphatic carbocycles. The van der Waals surface area contributed by atoms with E-state index in [9.17, 15) is 4.79 Å². The Morgan fingerprint density at radius 3 is 2.59 bits per heavy atom. The van der Waals surface area contributed by atoms with Gasteiger partial charge in [0.25, 0.3) is 5.91 Å². The van der Waals surface area contributed by atoms with Crippen molar-refractivity contribution in [2.75, 3.05) is 12.3 Å². The Kier molecular flexibility index (Phi) is 4.53. The fraction of sp³-hybridized carbons (Fsp3) is 0.0952. The number of carbonyl (C=O) groups excluding carboxylic acids is 1. The molecule has 0 saturated carbocycles. The van der Waals surface area contributed by atoms with Crippen molar-refractivity contribution >= 4 is 22.6 Å². The molecule has 134 valence electrons. The number of anilines is 1. The van der Waals surface area contributed by atoms with Crippen LogP contribution in [0.15, 0.2) is 73.2 Å². The third-order valence-corrected chi connectivity index (χ3v) is 4.61. The Hall–Kier alpha value is -3.67. The molecule has 2 aromatic carbocycles. The van der Waals surface area contributed by atoms with Gasteiger partial charge in [0.15, 0.2) is 11.5 Å². The monoisotopic (exact) mass is 357 g/mol. The fourth-order valence-electron chi connectivity index (χ4n) is 3.28. The molecule has 0 saturated heterocycles. The summed E-state index contributed by atoms with van der Waals surface area (Å²) in [5, 5.41) is 4.09. The summed E-state index contributed by atoms with van der Waals surface area (Å²) >= 11 is 0. The first-order chi connectivity index (χ1) is 13.2. The number of para-hydroxylation sites is 1. The predicted octanol–water partition coefficient (Wildman–Crippen LogP) is 3.10. The Bertz CT molecular complexity index is 1070. The quantitative estimate of drug-likeness (QED) is 0.511. The van der Waals surface area contributed by atoms with Crippen molar-refractivity contribution in [1.29, 1.82) is 0 Å². The van der Waals surface area contributed by atoms with Gasteiger partial charge in [-0.3, -0.25) is 4.79 Å². The van der Waals surface area contributed by atoms with E-state index in [0.29, 0.717) is 6.54 Å². The van der Waals surface area contributed by atoms with Crippen LogP contribution in [0.2, 0.25) is 0 Å². The average molecular weight is 357 g/mol. The minimum Gasteiger partial charge on any atom is -0.382 e. The van der Waals surface area contributed by atoms with Crippen LogP contribution in [0.4, 0.5) is 5.82 Å². The van der Waals surface area contributed by atoms with Gasteiger partial charge in [-0.25, -0.2) is 9.97 Å². The minimum atomic E-state index is -0.332. The molecule has 4 aromatic rings. The van der Waals surface area contributed by atoms with E-state index >= 15 is 0 Å². The maximum Gasteiger partial charge on any atom is 0.273 e. The average Bonchev–Trinajstić information content (AvgIpc) is 3.13. The zero-order chi connectivity index (χ0) is 18.6. The van der Waals surface area contributed by atoms with E-state index in [2.05, 4.69) is 38.5 Å². The van der Waals surface area contributed by atoms with Crippen LogP contribution in [-0.4, -0.2) is 27.4 Å². The van der Waals surface area contributed by atoms with Crippen LogP contribution >= 0.6 is 0 Å². The van der Waals surface area contributed by atoms with Gasteiger partial charge in [-0.05, 0) is 17.2 Å². The number of aromatic amines is 1. The van der Waals surface area contributed by atoms with E-state index < -0.39 is 0 Å². The highest BCUT2D eigenvalue weighted by Gasteiger charge is 2.20. The Balaban J connectivity index is 1.65. The van der Waals surface area contributed by atoms with Gasteiger partial charge in [0.05, 0.1) is 0 Å². The predicted molar refractivity (Wildman–Crippen MR) is 105 cm³/mol. The lowest BCUT2D eigenvalue weighted by Gasteiger charge is -2.18. The lowest BCUT2D eigenvalue weighted by Crippen LogP contribution is -2.30. The Labute approximate surface area is 156 Å². The molecule has 0 aliphatic rings. The van der Waals surface area contributed by atoms with Gasteiger partial charge < -0.3 is 16.0 Å². The van der Waals surface area contributed by atoms with Gasteiger partial charge in [-0.15, -0.1) is 0 Å². The third kappa shape index (κ3) is 3.37. The molecule has 27 heavy (non-hydrogen) atoms. The van der Waals surface area contributed by atoms with Crippen molar-refractivity contribution in [3.05, 3.63) is 90.0 Å². The third-order valence-electron chi connectivity index (χ3n) is 4.61. The Morgan fingerprint density at radius 1 is 1.04 bits per heavy atom. The summed E-state index contributed by atoms with van der Waals surface area (Å²) in [5.74, 6) is -0.219. The minimum absolute atomic E-state index is 0.0100. The molecule has 1 atom stereocenters. The Morgan fingerprint density at radius 2 is 1.78 bits per heavy atom. The van der Waals surface area contributed by atoms with Gasteiger partial charge >= 0.3 is 0 Å². The van der Waals surface area contributed by atoms with Crippen molar-refractivity contribution in [2.45, 2.75) is 5.92 Å². The number of benzene rings is 2. The van der Waals surface area contributed by atoms with Crippen molar-refractivity contribution < 1.29 is 4.79 Å². The van der Waals surface area contributed by atoms with Crippen molar-refractivity contribution in [1.82, 2.24) is 20.3 Å². The largest absolute Gasteiger partial charge is 0.382 e. The lowest BCUT2D eigenvalue weighted by molar-refractivity contribution is 0.0948. The van der Waals surface area contributed by atoms with Crippen molar-refractivity contribution in [2.24, 2.45) is 0 Å². The number of carbonyl (C=O) groups is 1. The number of fused-ring (bicyclic) bond motifs is 1. The van der Waals surface area contributed by atoms with Gasteiger partial charge in [-0.1, -0.05) is 48.5 Å². The molecule has 4 rings (SSSR count). The molecule has 2 aromatic heterocycles. The summed E-state index contributed by atoms with van der Waals surface area (Å²) in [6.45, 7) is 0.417. The van der Waals surface area contributed by atoms with E-state index in [1.54, 1.807) is 0 Å². The molecule has 1 unspecified atom stereocenters. The molecule has 0 aliphatic heterocycles. The van der Waals surface area contributed by atoms with Crippen LogP contribution in [-0.2, 0) is 0 Å². The smallest absolute Gasteiger partial charge is 0.273 e. The molecule has 0 spiro atoms. The van der Waals surface area contributed by atoms with Gasteiger partial charge in [0.1, 0.15) is 0 Å². The molecule has 0 fully saturated rings. The van der Waals surface area contributed by atoms with Gasteiger partial charge in [0.2, 0.25) is 0 Å². The highest BCUT2D eigenvalue weighted by Crippen LogP contribution is 2.30. The fourth-order valence-corrected chi connectivity index (χ4v) is 3.28. The zero-order valence-electron chi connectivity index (χ0n) is 14.6. The first-order valence-corrected chi connectivity index (χ1v) is 8.69. The van der Waals surface area contributed by atoms with Gasteiger partial charge in [0, 0.05) is 42.0 Å². The second-order valence-corrected chi connectivity index (χ2v) is 6.25. The molecule has 6 nitrogen and oxygen atoms in total. The van der Waals surface area contributed by atoms with E-state index in [1.807, 2.05) is 42.6 Å². The summed E-state index contributed by atoms with van der Waals surface area (Å²) in [4.78, 5) is 23.8. The van der Waals surface area contributed by atoms with Crippen LogP contribution in [0.1, 0.15) is 27.5 Å². The summed E-state index contributed by atoms with van der Waals surface area (Å²) in [6.07, 6.45) is 4.93. The number of H-pyrrole nitrogens is 1. The molecule has 4 N–H and O–H groups in total. The number of hydrogen-bond acceptors (Lipinski definition) is 4. The molecular formula is C21H19N5O. The van der Waals surface area contributed by atoms with Crippen LogP contribution in [0.5, 0.6) is 0 Å². The van der Waals surface area contributed by atoms with Crippen molar-refractivity contribution in [3.63, 3.8) is 0 Å². The number of nitrogen functional groups attached to an aromatic ring is 1. The maximum atomic E-state index is 12.5. The standard InChI is InChI=1S/C21H19N5O/c22-20-19(23-10-11-24-20)21(27)26-12-16(14-6-2-1-3-7-14)17-13-25-18-9-5-4-8-15(17)18/h1-11,13,16,25H,12H2,(H2,22,24)(H,26,27). The lowest BCUT2D eigenvalue weighted by atomic mass is 9.91. The van der Waals surface area contributed by atoms with E-state index in [4.69, 9.17) is 5.73 Å². The number of nitrogens with one attached hydrogen (secondary N) is 2. The van der Waals surface area contributed by atoms with Gasteiger partial charge in [-0.2, -0.15) is 0 Å².